The molecule has 0 radical (unpaired) electrons. The molecule has 0 bridgehead atoms. The monoisotopic (exact) mass is 428 g/mol. The van der Waals surface area contributed by atoms with E-state index in [2.05, 4.69) is 23.5 Å². The standard InChI is InChI=1S/C25H33FN2O3/c1-25-9-8-16-15-4-3-5-21(26)17(15)6-7-18(16)24(25)20(10-22(25)28-30)19(11-23(29)27-2)14-12-31-13-14/h3-5,14,16,18-20,24,30H,6-13H2,1-2H3,(H,27,29)/b28-22+/t16?,18?,19?,20-,24?,25-/m1/s1. The molecule has 6 atom stereocenters. The molecule has 2 saturated carbocycles. The van der Waals surface area contributed by atoms with Crippen LogP contribution in [0.15, 0.2) is 23.4 Å². The van der Waals surface area contributed by atoms with Gasteiger partial charge in [-0.25, -0.2) is 4.39 Å². The van der Waals surface area contributed by atoms with Crippen molar-refractivity contribution in [3.05, 3.63) is 35.1 Å². The minimum Gasteiger partial charge on any atom is -0.411 e. The number of hydrogen-bond donors (Lipinski definition) is 2. The lowest BCUT2D eigenvalue weighted by Gasteiger charge is -2.52. The normalized spacial score (nSPS) is 36.8. The molecule has 2 N–H and O–H groups in total. The van der Waals surface area contributed by atoms with Crippen molar-refractivity contribution < 1.29 is 19.1 Å². The Morgan fingerprint density at radius 2 is 2.19 bits per heavy atom. The SMILES string of the molecule is CNC(=O)CC(C1COC1)[C@H]1C/C(=N\O)[C@@]2(C)CCC3c4cccc(F)c4CCC3C12. The van der Waals surface area contributed by atoms with E-state index < -0.39 is 0 Å². The van der Waals surface area contributed by atoms with Crippen LogP contribution in [0.4, 0.5) is 4.39 Å². The molecule has 1 amide bonds. The van der Waals surface area contributed by atoms with Crippen LogP contribution < -0.4 is 5.32 Å². The molecule has 1 aliphatic heterocycles. The fraction of sp³-hybridized carbons (Fsp3) is 0.680. The van der Waals surface area contributed by atoms with Crippen LogP contribution in [0, 0.1) is 40.8 Å². The van der Waals surface area contributed by atoms with Crippen molar-refractivity contribution in [3.63, 3.8) is 0 Å². The molecule has 1 aromatic rings. The van der Waals surface area contributed by atoms with E-state index >= 15 is 0 Å². The van der Waals surface area contributed by atoms with Crippen LogP contribution in [0.2, 0.25) is 0 Å². The summed E-state index contributed by atoms with van der Waals surface area (Å²) < 4.78 is 20.0. The zero-order valence-electron chi connectivity index (χ0n) is 18.4. The Bertz CT molecular complexity index is 899. The number of carbonyl (C=O) groups is 1. The third kappa shape index (κ3) is 3.21. The minimum absolute atomic E-state index is 0.0661. The van der Waals surface area contributed by atoms with Crippen molar-refractivity contribution in [2.45, 2.75) is 51.4 Å². The highest BCUT2D eigenvalue weighted by atomic mass is 19.1. The molecule has 168 valence electrons. The average Bonchev–Trinajstić information content (AvgIpc) is 3.04. The molecule has 31 heavy (non-hydrogen) atoms. The Morgan fingerprint density at radius 3 is 2.87 bits per heavy atom. The van der Waals surface area contributed by atoms with E-state index in [1.54, 1.807) is 13.1 Å². The Hall–Kier alpha value is -1.95. The van der Waals surface area contributed by atoms with Crippen molar-refractivity contribution in [2.75, 3.05) is 20.3 Å². The Balaban J connectivity index is 1.54. The number of amides is 1. The summed E-state index contributed by atoms with van der Waals surface area (Å²) >= 11 is 0. The quantitative estimate of drug-likeness (QED) is 0.559. The number of benzene rings is 1. The van der Waals surface area contributed by atoms with Crippen molar-refractivity contribution in [1.29, 1.82) is 0 Å². The topological polar surface area (TPSA) is 70.9 Å². The van der Waals surface area contributed by atoms with Gasteiger partial charge in [0.05, 0.1) is 18.9 Å². The second-order valence-corrected chi connectivity index (χ2v) is 10.4. The van der Waals surface area contributed by atoms with E-state index in [9.17, 15) is 14.4 Å². The highest BCUT2D eigenvalue weighted by molar-refractivity contribution is 5.92. The van der Waals surface area contributed by atoms with Crippen LogP contribution in [0.3, 0.4) is 0 Å². The summed E-state index contributed by atoms with van der Waals surface area (Å²) in [5.41, 5.74) is 2.82. The number of rotatable bonds is 4. The molecular formula is C25H33FN2O3. The average molecular weight is 429 g/mol. The highest BCUT2D eigenvalue weighted by Crippen LogP contribution is 2.64. The van der Waals surface area contributed by atoms with Gasteiger partial charge in [-0.2, -0.15) is 0 Å². The van der Waals surface area contributed by atoms with E-state index in [0.717, 1.165) is 43.4 Å². The third-order valence-corrected chi connectivity index (χ3v) is 9.16. The van der Waals surface area contributed by atoms with Crippen molar-refractivity contribution in [3.8, 4) is 0 Å². The summed E-state index contributed by atoms with van der Waals surface area (Å²) in [6.45, 7) is 3.67. The van der Waals surface area contributed by atoms with E-state index in [4.69, 9.17) is 4.74 Å². The van der Waals surface area contributed by atoms with Gasteiger partial charge in [0.1, 0.15) is 5.82 Å². The Kier molecular flexibility index (Phi) is 5.32. The lowest BCUT2D eigenvalue weighted by atomic mass is 9.52. The second-order valence-electron chi connectivity index (χ2n) is 10.4. The fourth-order valence-electron chi connectivity index (χ4n) is 7.59. The first kappa shape index (κ1) is 20.9. The Morgan fingerprint density at radius 1 is 1.39 bits per heavy atom. The zero-order valence-corrected chi connectivity index (χ0v) is 18.4. The number of oxime groups is 1. The smallest absolute Gasteiger partial charge is 0.220 e. The van der Waals surface area contributed by atoms with Gasteiger partial charge in [-0.05, 0) is 78.9 Å². The van der Waals surface area contributed by atoms with Gasteiger partial charge in [0.15, 0.2) is 0 Å². The fourth-order valence-corrected chi connectivity index (χ4v) is 7.59. The summed E-state index contributed by atoms with van der Waals surface area (Å²) in [6.07, 6.45) is 4.89. The lowest BCUT2D eigenvalue weighted by Crippen LogP contribution is -2.48. The summed E-state index contributed by atoms with van der Waals surface area (Å²) in [4.78, 5) is 12.4. The zero-order chi connectivity index (χ0) is 21.8. The van der Waals surface area contributed by atoms with Crippen molar-refractivity contribution >= 4 is 11.6 Å². The van der Waals surface area contributed by atoms with Crippen LogP contribution in [0.5, 0.6) is 0 Å². The van der Waals surface area contributed by atoms with E-state index in [-0.39, 0.29) is 29.0 Å². The molecule has 1 saturated heterocycles. The number of halogens is 1. The molecule has 1 heterocycles. The molecule has 4 unspecified atom stereocenters. The van der Waals surface area contributed by atoms with E-state index in [1.165, 1.54) is 5.56 Å². The molecule has 3 aliphatic carbocycles. The summed E-state index contributed by atoms with van der Waals surface area (Å²) in [7, 11) is 1.69. The summed E-state index contributed by atoms with van der Waals surface area (Å²) in [5, 5.41) is 16.5. The van der Waals surface area contributed by atoms with Crippen molar-refractivity contribution in [1.82, 2.24) is 5.32 Å². The second kappa shape index (κ2) is 7.88. The number of fused-ring (bicyclic) bond motifs is 5. The Labute approximate surface area is 183 Å². The van der Waals surface area contributed by atoms with E-state index in [0.29, 0.717) is 43.3 Å². The van der Waals surface area contributed by atoms with Crippen LogP contribution >= 0.6 is 0 Å². The molecule has 4 aliphatic rings. The van der Waals surface area contributed by atoms with Gasteiger partial charge in [0.2, 0.25) is 5.91 Å². The predicted octanol–water partition coefficient (Wildman–Crippen LogP) is 4.14. The van der Waals surface area contributed by atoms with Crippen LogP contribution in [-0.2, 0) is 16.0 Å². The maximum Gasteiger partial charge on any atom is 0.220 e. The van der Waals surface area contributed by atoms with Gasteiger partial charge >= 0.3 is 0 Å². The number of hydrogen-bond acceptors (Lipinski definition) is 4. The number of ether oxygens (including phenoxy) is 1. The third-order valence-electron chi connectivity index (χ3n) is 9.16. The van der Waals surface area contributed by atoms with Crippen molar-refractivity contribution in [2.24, 2.45) is 40.2 Å². The molecular weight excluding hydrogens is 395 g/mol. The first-order valence-corrected chi connectivity index (χ1v) is 11.7. The largest absolute Gasteiger partial charge is 0.411 e. The van der Waals surface area contributed by atoms with Gasteiger partial charge in [-0.1, -0.05) is 24.2 Å². The van der Waals surface area contributed by atoms with Crippen LogP contribution in [-0.4, -0.2) is 37.1 Å². The molecule has 1 aromatic carbocycles. The number of nitrogens with zero attached hydrogens (tertiary/aromatic N) is 1. The molecule has 6 heteroatoms. The first-order valence-electron chi connectivity index (χ1n) is 11.7. The number of carbonyl (C=O) groups excluding carboxylic acids is 1. The van der Waals surface area contributed by atoms with Gasteiger partial charge in [-0.15, -0.1) is 0 Å². The maximum absolute atomic E-state index is 14.5. The molecule has 0 spiro atoms. The van der Waals surface area contributed by atoms with Gasteiger partial charge in [0.25, 0.3) is 0 Å². The lowest BCUT2D eigenvalue weighted by molar-refractivity contribution is -0.128. The van der Waals surface area contributed by atoms with Gasteiger partial charge < -0.3 is 15.3 Å². The molecule has 5 rings (SSSR count). The van der Waals surface area contributed by atoms with Crippen LogP contribution in [0.25, 0.3) is 0 Å². The summed E-state index contributed by atoms with van der Waals surface area (Å²) in [6, 6.07) is 5.54. The predicted molar refractivity (Wildman–Crippen MR) is 116 cm³/mol. The highest BCUT2D eigenvalue weighted by Gasteiger charge is 2.60. The van der Waals surface area contributed by atoms with E-state index in [1.807, 2.05) is 6.07 Å². The minimum atomic E-state index is -0.156. The molecule has 0 aromatic heterocycles. The number of nitrogens with one attached hydrogen (secondary N) is 1. The van der Waals surface area contributed by atoms with Gasteiger partial charge in [0, 0.05) is 24.8 Å². The molecule has 3 fully saturated rings. The van der Waals surface area contributed by atoms with Crippen LogP contribution in [0.1, 0.15) is 56.1 Å². The maximum atomic E-state index is 14.5. The first-order chi connectivity index (χ1) is 15.0. The van der Waals surface area contributed by atoms with Gasteiger partial charge in [-0.3, -0.25) is 4.79 Å². The molecule has 5 nitrogen and oxygen atoms in total. The summed E-state index contributed by atoms with van der Waals surface area (Å²) in [5.74, 6) is 1.96.